The SMILES string of the molecule is COc1ccc(Cl)cc1S(=O)(=O)NCc1nc2c(n1C)CCCC2. The van der Waals surface area contributed by atoms with E-state index in [0.717, 1.165) is 31.4 Å². The molecule has 0 saturated heterocycles. The molecule has 1 N–H and O–H groups in total. The molecule has 0 fully saturated rings. The van der Waals surface area contributed by atoms with E-state index in [1.807, 2.05) is 11.6 Å². The maximum absolute atomic E-state index is 12.6. The lowest BCUT2D eigenvalue weighted by Crippen LogP contribution is -2.25. The quantitative estimate of drug-likeness (QED) is 0.878. The molecular formula is C16H20ClN3O3S. The van der Waals surface area contributed by atoms with Crippen molar-refractivity contribution in [2.24, 2.45) is 7.05 Å². The van der Waals surface area contributed by atoms with Gasteiger partial charge >= 0.3 is 0 Å². The monoisotopic (exact) mass is 369 g/mol. The molecule has 0 radical (unpaired) electrons. The summed E-state index contributed by atoms with van der Waals surface area (Å²) in [6, 6.07) is 4.51. The van der Waals surface area contributed by atoms with Gasteiger partial charge in [0.2, 0.25) is 10.0 Å². The number of aromatic nitrogens is 2. The van der Waals surface area contributed by atoms with Crippen molar-refractivity contribution in [1.29, 1.82) is 0 Å². The fourth-order valence-electron chi connectivity index (χ4n) is 3.00. The van der Waals surface area contributed by atoms with Crippen molar-refractivity contribution in [3.05, 3.63) is 40.4 Å². The van der Waals surface area contributed by atoms with E-state index in [4.69, 9.17) is 16.3 Å². The predicted molar refractivity (Wildman–Crippen MR) is 91.9 cm³/mol. The molecule has 130 valence electrons. The van der Waals surface area contributed by atoms with Gasteiger partial charge in [-0.05, 0) is 43.9 Å². The average molecular weight is 370 g/mol. The van der Waals surface area contributed by atoms with Crippen LogP contribution in [0.2, 0.25) is 5.02 Å². The van der Waals surface area contributed by atoms with Gasteiger partial charge in [-0.15, -0.1) is 0 Å². The third-order valence-electron chi connectivity index (χ3n) is 4.30. The van der Waals surface area contributed by atoms with Gasteiger partial charge in [0.1, 0.15) is 16.5 Å². The Morgan fingerprint density at radius 3 is 2.79 bits per heavy atom. The third-order valence-corrected chi connectivity index (χ3v) is 5.96. The number of ether oxygens (including phenoxy) is 1. The van der Waals surface area contributed by atoms with Crippen molar-refractivity contribution in [2.75, 3.05) is 7.11 Å². The van der Waals surface area contributed by atoms with Crippen molar-refractivity contribution in [1.82, 2.24) is 14.3 Å². The van der Waals surface area contributed by atoms with Crippen LogP contribution in [0.25, 0.3) is 0 Å². The zero-order valence-corrected chi connectivity index (χ0v) is 15.2. The van der Waals surface area contributed by atoms with E-state index >= 15 is 0 Å². The molecule has 3 rings (SSSR count). The Morgan fingerprint density at radius 1 is 1.33 bits per heavy atom. The van der Waals surface area contributed by atoms with E-state index in [1.54, 1.807) is 6.07 Å². The Balaban J connectivity index is 1.84. The molecule has 0 spiro atoms. The van der Waals surface area contributed by atoms with E-state index < -0.39 is 10.0 Å². The van der Waals surface area contributed by atoms with Gasteiger partial charge in [-0.2, -0.15) is 0 Å². The zero-order chi connectivity index (χ0) is 17.3. The fourth-order valence-corrected chi connectivity index (χ4v) is 4.41. The van der Waals surface area contributed by atoms with Crippen LogP contribution in [-0.2, 0) is 36.5 Å². The Morgan fingerprint density at radius 2 is 2.08 bits per heavy atom. The van der Waals surface area contributed by atoms with E-state index in [0.29, 0.717) is 10.8 Å². The highest BCUT2D eigenvalue weighted by atomic mass is 35.5. The predicted octanol–water partition coefficient (Wildman–Crippen LogP) is 2.44. The summed E-state index contributed by atoms with van der Waals surface area (Å²) in [4.78, 5) is 4.61. The number of hydrogen-bond donors (Lipinski definition) is 1. The molecule has 1 aromatic carbocycles. The molecule has 6 nitrogen and oxygen atoms in total. The highest BCUT2D eigenvalue weighted by Gasteiger charge is 2.22. The van der Waals surface area contributed by atoms with Crippen LogP contribution in [0.1, 0.15) is 30.1 Å². The minimum Gasteiger partial charge on any atom is -0.495 e. The van der Waals surface area contributed by atoms with Gasteiger partial charge in [-0.1, -0.05) is 11.6 Å². The average Bonchev–Trinajstić information content (AvgIpc) is 2.90. The first kappa shape index (κ1) is 17.3. The summed E-state index contributed by atoms with van der Waals surface area (Å²) in [6.45, 7) is 0.126. The number of sulfonamides is 1. The fraction of sp³-hybridized carbons (Fsp3) is 0.438. The van der Waals surface area contributed by atoms with Gasteiger partial charge in [0, 0.05) is 17.8 Å². The lowest BCUT2D eigenvalue weighted by Gasteiger charge is -2.12. The minimum atomic E-state index is -3.75. The van der Waals surface area contributed by atoms with Crippen LogP contribution >= 0.6 is 11.6 Å². The number of aryl methyl sites for hydroxylation is 1. The molecule has 1 heterocycles. The van der Waals surface area contributed by atoms with Gasteiger partial charge in [-0.25, -0.2) is 18.1 Å². The highest BCUT2D eigenvalue weighted by molar-refractivity contribution is 7.89. The number of imidazole rings is 1. The first-order valence-electron chi connectivity index (χ1n) is 7.79. The van der Waals surface area contributed by atoms with Gasteiger partial charge in [-0.3, -0.25) is 0 Å². The van der Waals surface area contributed by atoms with Crippen LogP contribution < -0.4 is 9.46 Å². The van der Waals surface area contributed by atoms with E-state index in [2.05, 4.69) is 9.71 Å². The maximum Gasteiger partial charge on any atom is 0.244 e. The van der Waals surface area contributed by atoms with Crippen molar-refractivity contribution in [2.45, 2.75) is 37.1 Å². The van der Waals surface area contributed by atoms with E-state index in [9.17, 15) is 8.42 Å². The van der Waals surface area contributed by atoms with Gasteiger partial charge in [0.15, 0.2) is 0 Å². The second kappa shape index (κ2) is 6.74. The first-order valence-corrected chi connectivity index (χ1v) is 9.65. The molecule has 0 saturated carbocycles. The molecular weight excluding hydrogens is 350 g/mol. The molecule has 8 heteroatoms. The molecule has 0 unspecified atom stereocenters. The number of halogens is 1. The lowest BCUT2D eigenvalue weighted by atomic mass is 10.0. The van der Waals surface area contributed by atoms with E-state index in [1.165, 1.54) is 24.9 Å². The van der Waals surface area contributed by atoms with Gasteiger partial charge < -0.3 is 9.30 Å². The number of benzene rings is 1. The number of rotatable bonds is 5. The normalized spacial score (nSPS) is 14.5. The minimum absolute atomic E-state index is 0.0245. The Bertz CT molecular complexity index is 862. The first-order chi connectivity index (χ1) is 11.4. The standard InChI is InChI=1S/C16H20ClN3O3S/c1-20-13-6-4-3-5-12(13)19-16(20)10-18-24(21,22)15-9-11(17)7-8-14(15)23-2/h7-9,18H,3-6,10H2,1-2H3. The van der Waals surface area contributed by atoms with Crippen LogP contribution in [0, 0.1) is 0 Å². The largest absolute Gasteiger partial charge is 0.495 e. The summed E-state index contributed by atoms with van der Waals surface area (Å²) >= 11 is 5.93. The van der Waals surface area contributed by atoms with Crippen molar-refractivity contribution >= 4 is 21.6 Å². The van der Waals surface area contributed by atoms with Crippen molar-refractivity contribution < 1.29 is 13.2 Å². The molecule has 1 aliphatic carbocycles. The molecule has 0 atom stereocenters. The zero-order valence-electron chi connectivity index (χ0n) is 13.7. The van der Waals surface area contributed by atoms with Gasteiger partial charge in [0.25, 0.3) is 0 Å². The molecule has 0 amide bonds. The number of nitrogens with one attached hydrogen (secondary N) is 1. The smallest absolute Gasteiger partial charge is 0.244 e. The molecule has 1 aromatic heterocycles. The summed E-state index contributed by atoms with van der Waals surface area (Å²) < 4.78 is 34.9. The van der Waals surface area contributed by atoms with Crippen LogP contribution in [0.4, 0.5) is 0 Å². The second-order valence-electron chi connectivity index (χ2n) is 5.81. The highest BCUT2D eigenvalue weighted by Crippen LogP contribution is 2.27. The Labute approximate surface area is 146 Å². The van der Waals surface area contributed by atoms with Crippen LogP contribution in [0.5, 0.6) is 5.75 Å². The number of nitrogens with zero attached hydrogens (tertiary/aromatic N) is 2. The number of fused-ring (bicyclic) bond motifs is 1. The molecule has 2 aromatic rings. The molecule has 0 aliphatic heterocycles. The van der Waals surface area contributed by atoms with Crippen LogP contribution in [0.3, 0.4) is 0 Å². The third kappa shape index (κ3) is 3.29. The number of hydrogen-bond acceptors (Lipinski definition) is 4. The van der Waals surface area contributed by atoms with Gasteiger partial charge in [0.05, 0.1) is 19.3 Å². The lowest BCUT2D eigenvalue weighted by molar-refractivity contribution is 0.402. The van der Waals surface area contributed by atoms with Crippen molar-refractivity contribution in [3.8, 4) is 5.75 Å². The van der Waals surface area contributed by atoms with Crippen molar-refractivity contribution in [3.63, 3.8) is 0 Å². The summed E-state index contributed by atoms with van der Waals surface area (Å²) in [5, 5.41) is 0.337. The topological polar surface area (TPSA) is 73.2 Å². The second-order valence-corrected chi connectivity index (χ2v) is 7.98. The summed E-state index contributed by atoms with van der Waals surface area (Å²) in [6.07, 6.45) is 4.23. The Kier molecular flexibility index (Phi) is 4.85. The van der Waals surface area contributed by atoms with E-state index in [-0.39, 0.29) is 17.2 Å². The summed E-state index contributed by atoms with van der Waals surface area (Å²) in [7, 11) is -0.398. The molecule has 24 heavy (non-hydrogen) atoms. The van der Waals surface area contributed by atoms with Crippen LogP contribution in [-0.4, -0.2) is 25.1 Å². The molecule has 1 aliphatic rings. The Hall–Kier alpha value is -1.57. The summed E-state index contributed by atoms with van der Waals surface area (Å²) in [5.74, 6) is 0.970. The maximum atomic E-state index is 12.6. The van der Waals surface area contributed by atoms with Crippen LogP contribution in [0.15, 0.2) is 23.1 Å². The molecule has 0 bridgehead atoms. The summed E-state index contributed by atoms with van der Waals surface area (Å²) in [5.41, 5.74) is 2.29. The number of methoxy groups -OCH3 is 1.